The second kappa shape index (κ2) is 6.06. The first-order valence-electron chi connectivity index (χ1n) is 8.35. The van der Waals surface area contributed by atoms with Crippen molar-refractivity contribution in [2.24, 2.45) is 0 Å². The van der Waals surface area contributed by atoms with Crippen LogP contribution in [-0.2, 0) is 6.67 Å². The van der Waals surface area contributed by atoms with E-state index in [-0.39, 0.29) is 0 Å². The summed E-state index contributed by atoms with van der Waals surface area (Å²) < 4.78 is 5.09. The molecule has 4 rings (SSSR count). The quantitative estimate of drug-likeness (QED) is 0.799. The Morgan fingerprint density at radius 3 is 2.65 bits per heavy atom. The van der Waals surface area contributed by atoms with Crippen molar-refractivity contribution in [1.82, 2.24) is 19.2 Å². The molecule has 1 saturated carbocycles. The fourth-order valence-electron chi connectivity index (χ4n) is 3.32. The van der Waals surface area contributed by atoms with Crippen molar-refractivity contribution in [2.75, 3.05) is 13.1 Å². The van der Waals surface area contributed by atoms with Crippen molar-refractivity contribution in [3.8, 4) is 0 Å². The fraction of sp³-hybridized carbons (Fsp3) is 0.444. The average Bonchev–Trinajstić information content (AvgIpc) is 3.36. The highest BCUT2D eigenvalue weighted by molar-refractivity contribution is 7.71. The summed E-state index contributed by atoms with van der Waals surface area (Å²) in [6, 6.07) is 11.3. The zero-order valence-corrected chi connectivity index (χ0v) is 14.3. The lowest BCUT2D eigenvalue weighted by atomic mass is 10.00. The van der Waals surface area contributed by atoms with Crippen LogP contribution in [0.1, 0.15) is 36.7 Å². The predicted molar refractivity (Wildman–Crippen MR) is 94.7 cm³/mol. The van der Waals surface area contributed by atoms with Crippen LogP contribution in [0.5, 0.6) is 0 Å². The van der Waals surface area contributed by atoms with Gasteiger partial charge in [-0.1, -0.05) is 36.4 Å². The van der Waals surface area contributed by atoms with E-state index in [0.717, 1.165) is 36.8 Å². The maximum atomic E-state index is 5.62. The summed E-state index contributed by atoms with van der Waals surface area (Å²) in [6.45, 7) is 4.87. The highest BCUT2D eigenvalue weighted by Crippen LogP contribution is 2.36. The van der Waals surface area contributed by atoms with Gasteiger partial charge in [0.25, 0.3) is 0 Å². The molecule has 0 bridgehead atoms. The molecule has 23 heavy (non-hydrogen) atoms. The topological polar surface area (TPSA) is 26.0 Å². The Morgan fingerprint density at radius 2 is 2.00 bits per heavy atom. The molecular formula is C18H22N4S. The van der Waals surface area contributed by atoms with Crippen LogP contribution in [0, 0.1) is 11.7 Å². The van der Waals surface area contributed by atoms with Crippen molar-refractivity contribution in [2.45, 2.75) is 38.9 Å². The number of nitrogens with zero attached hydrogens (tertiary/aromatic N) is 4. The van der Waals surface area contributed by atoms with Gasteiger partial charge in [-0.15, -0.1) is 0 Å². The van der Waals surface area contributed by atoms with Crippen LogP contribution in [0.15, 0.2) is 36.4 Å². The van der Waals surface area contributed by atoms with Gasteiger partial charge < -0.3 is 4.57 Å². The van der Waals surface area contributed by atoms with E-state index in [4.69, 9.17) is 12.2 Å². The molecule has 0 radical (unpaired) electrons. The molecule has 0 spiro atoms. The van der Waals surface area contributed by atoms with Crippen molar-refractivity contribution in [3.63, 3.8) is 0 Å². The molecule has 2 aliphatic rings. The van der Waals surface area contributed by atoms with Crippen molar-refractivity contribution < 1.29 is 0 Å². The lowest BCUT2D eigenvalue weighted by Crippen LogP contribution is -2.31. The predicted octanol–water partition coefficient (Wildman–Crippen LogP) is 3.80. The SMILES string of the molecule is Cc1nn(CN2CC=C(c3ccccc3)CC2)c(=S)n1C1CC1. The first kappa shape index (κ1) is 14.8. The lowest BCUT2D eigenvalue weighted by Gasteiger charge is -2.26. The van der Waals surface area contributed by atoms with Crippen LogP contribution in [-0.4, -0.2) is 32.3 Å². The first-order chi connectivity index (χ1) is 11.2. The molecule has 0 atom stereocenters. The van der Waals surface area contributed by atoms with Crippen LogP contribution in [0.25, 0.3) is 5.57 Å². The van der Waals surface area contributed by atoms with E-state index in [1.54, 1.807) is 0 Å². The molecular weight excluding hydrogens is 304 g/mol. The van der Waals surface area contributed by atoms with Crippen molar-refractivity contribution in [3.05, 3.63) is 52.6 Å². The summed E-state index contributed by atoms with van der Waals surface area (Å²) >= 11 is 5.62. The zero-order chi connectivity index (χ0) is 15.8. The molecule has 2 aromatic rings. The maximum Gasteiger partial charge on any atom is 0.199 e. The van der Waals surface area contributed by atoms with Gasteiger partial charge in [0.05, 0.1) is 6.67 Å². The van der Waals surface area contributed by atoms with E-state index >= 15 is 0 Å². The summed E-state index contributed by atoms with van der Waals surface area (Å²) in [7, 11) is 0. The molecule has 4 nitrogen and oxygen atoms in total. The van der Waals surface area contributed by atoms with Crippen LogP contribution in [0.4, 0.5) is 0 Å². The molecule has 1 aliphatic heterocycles. The first-order valence-corrected chi connectivity index (χ1v) is 8.76. The molecule has 0 saturated heterocycles. The molecule has 2 heterocycles. The third-order valence-electron chi connectivity index (χ3n) is 4.72. The normalized spacial score (nSPS) is 18.9. The number of aromatic nitrogens is 3. The highest BCUT2D eigenvalue weighted by atomic mass is 32.1. The monoisotopic (exact) mass is 326 g/mol. The minimum absolute atomic E-state index is 0.599. The van der Waals surface area contributed by atoms with E-state index in [2.05, 4.69) is 57.9 Å². The second-order valence-corrected chi connectivity index (χ2v) is 6.86. The van der Waals surface area contributed by atoms with Gasteiger partial charge in [-0.2, -0.15) is 5.10 Å². The smallest absolute Gasteiger partial charge is 0.199 e. The summed E-state index contributed by atoms with van der Waals surface area (Å²) in [4.78, 5) is 2.41. The number of benzene rings is 1. The standard InChI is InChI=1S/C18H22N4S/c1-14-19-21(18(23)22(14)17-7-8-17)13-20-11-9-16(10-12-20)15-5-3-2-4-6-15/h2-6,9,17H,7-8,10-13H2,1H3. The van der Waals surface area contributed by atoms with Gasteiger partial charge in [-0.05, 0) is 49.5 Å². The molecule has 1 aromatic carbocycles. The number of hydrogen-bond acceptors (Lipinski definition) is 3. The molecule has 5 heteroatoms. The Labute approximate surface area is 142 Å². The number of rotatable bonds is 4. The van der Waals surface area contributed by atoms with Gasteiger partial charge in [0.1, 0.15) is 5.82 Å². The van der Waals surface area contributed by atoms with Crippen molar-refractivity contribution in [1.29, 1.82) is 0 Å². The molecule has 0 N–H and O–H groups in total. The molecule has 0 unspecified atom stereocenters. The summed E-state index contributed by atoms with van der Waals surface area (Å²) in [5.74, 6) is 1.05. The Hall–Kier alpha value is -1.72. The number of aryl methyl sites for hydroxylation is 1. The van der Waals surface area contributed by atoms with Crippen LogP contribution in [0.3, 0.4) is 0 Å². The Balaban J connectivity index is 1.46. The molecule has 1 fully saturated rings. The van der Waals surface area contributed by atoms with E-state index in [1.807, 2.05) is 4.68 Å². The minimum Gasteiger partial charge on any atom is -0.301 e. The minimum atomic E-state index is 0.599. The van der Waals surface area contributed by atoms with Gasteiger partial charge in [0.15, 0.2) is 4.77 Å². The van der Waals surface area contributed by atoms with Crippen LogP contribution in [0.2, 0.25) is 0 Å². The summed E-state index contributed by atoms with van der Waals surface area (Å²) in [5.41, 5.74) is 2.79. The third-order valence-corrected chi connectivity index (χ3v) is 5.13. The van der Waals surface area contributed by atoms with E-state index in [9.17, 15) is 0 Å². The lowest BCUT2D eigenvalue weighted by molar-refractivity contribution is 0.225. The van der Waals surface area contributed by atoms with E-state index < -0.39 is 0 Å². The summed E-state index contributed by atoms with van der Waals surface area (Å²) in [6.07, 6.45) is 5.91. The van der Waals surface area contributed by atoms with Crippen LogP contribution < -0.4 is 0 Å². The van der Waals surface area contributed by atoms with Gasteiger partial charge >= 0.3 is 0 Å². The van der Waals surface area contributed by atoms with Crippen molar-refractivity contribution >= 4 is 17.8 Å². The van der Waals surface area contributed by atoms with Gasteiger partial charge in [-0.3, -0.25) is 4.90 Å². The molecule has 1 aromatic heterocycles. The Morgan fingerprint density at radius 1 is 1.22 bits per heavy atom. The Bertz CT molecular complexity index is 783. The maximum absolute atomic E-state index is 5.62. The van der Waals surface area contributed by atoms with Crippen LogP contribution >= 0.6 is 12.2 Å². The third kappa shape index (κ3) is 3.03. The Kier molecular flexibility index (Phi) is 3.91. The molecule has 0 amide bonds. The van der Waals surface area contributed by atoms with Gasteiger partial charge in [0.2, 0.25) is 0 Å². The zero-order valence-electron chi connectivity index (χ0n) is 13.5. The van der Waals surface area contributed by atoms with E-state index in [0.29, 0.717) is 6.04 Å². The number of hydrogen-bond donors (Lipinski definition) is 0. The second-order valence-electron chi connectivity index (χ2n) is 6.49. The average molecular weight is 326 g/mol. The van der Waals surface area contributed by atoms with Gasteiger partial charge in [-0.25, -0.2) is 4.68 Å². The fourth-order valence-corrected chi connectivity index (χ4v) is 3.70. The summed E-state index contributed by atoms with van der Waals surface area (Å²) in [5, 5.41) is 4.66. The van der Waals surface area contributed by atoms with E-state index in [1.165, 1.54) is 24.0 Å². The molecule has 1 aliphatic carbocycles. The highest BCUT2D eigenvalue weighted by Gasteiger charge is 2.27. The largest absolute Gasteiger partial charge is 0.301 e. The van der Waals surface area contributed by atoms with Gasteiger partial charge in [0, 0.05) is 19.1 Å². The molecule has 120 valence electrons.